The SMILES string of the molecule is CC.CCC(C)(/C=C\C(C)C1COC(C)(CC)O1)OCC1COC(C)(CC)O1. The molecule has 0 aromatic rings. The van der Waals surface area contributed by atoms with E-state index in [4.69, 9.17) is 23.7 Å². The second-order valence-electron chi connectivity index (χ2n) is 8.19. The van der Waals surface area contributed by atoms with Crippen molar-refractivity contribution >= 4 is 0 Å². The summed E-state index contributed by atoms with van der Waals surface area (Å²) in [6.45, 7) is 20.4. The summed E-state index contributed by atoms with van der Waals surface area (Å²) in [5.74, 6) is -0.636. The van der Waals surface area contributed by atoms with Crippen molar-refractivity contribution in [1.82, 2.24) is 0 Å². The Morgan fingerprint density at radius 3 is 2.11 bits per heavy atom. The molecule has 2 saturated heterocycles. The molecule has 28 heavy (non-hydrogen) atoms. The number of rotatable bonds is 9. The Morgan fingerprint density at radius 1 is 1.04 bits per heavy atom. The minimum absolute atomic E-state index is 0.00604. The van der Waals surface area contributed by atoms with Crippen molar-refractivity contribution in [2.75, 3.05) is 19.8 Å². The van der Waals surface area contributed by atoms with Gasteiger partial charge in [-0.2, -0.15) is 0 Å². The molecule has 2 aliphatic rings. The van der Waals surface area contributed by atoms with Crippen molar-refractivity contribution in [2.24, 2.45) is 5.92 Å². The van der Waals surface area contributed by atoms with Crippen molar-refractivity contribution in [3.8, 4) is 0 Å². The molecule has 0 aromatic heterocycles. The van der Waals surface area contributed by atoms with Crippen molar-refractivity contribution in [2.45, 2.75) is 111 Å². The molecule has 0 spiro atoms. The van der Waals surface area contributed by atoms with E-state index in [0.29, 0.717) is 19.8 Å². The average molecular weight is 401 g/mol. The summed E-state index contributed by atoms with van der Waals surface area (Å²) in [5.41, 5.74) is -0.323. The maximum atomic E-state index is 6.21. The lowest BCUT2D eigenvalue weighted by Crippen LogP contribution is -2.33. The van der Waals surface area contributed by atoms with Crippen LogP contribution in [-0.4, -0.2) is 49.2 Å². The summed E-state index contributed by atoms with van der Waals surface area (Å²) >= 11 is 0. The molecule has 0 radical (unpaired) electrons. The minimum Gasteiger partial charge on any atom is -0.368 e. The van der Waals surface area contributed by atoms with Crippen LogP contribution >= 0.6 is 0 Å². The van der Waals surface area contributed by atoms with Gasteiger partial charge in [0.1, 0.15) is 6.10 Å². The molecule has 2 heterocycles. The highest BCUT2D eigenvalue weighted by molar-refractivity contribution is 5.03. The van der Waals surface area contributed by atoms with Crippen LogP contribution in [0.1, 0.15) is 81.6 Å². The van der Waals surface area contributed by atoms with Gasteiger partial charge in [-0.1, -0.05) is 53.7 Å². The van der Waals surface area contributed by atoms with E-state index < -0.39 is 11.6 Å². The highest BCUT2D eigenvalue weighted by atomic mass is 16.8. The zero-order chi connectivity index (χ0) is 21.4. The Labute approximate surface area is 173 Å². The lowest BCUT2D eigenvalue weighted by molar-refractivity contribution is -0.165. The summed E-state index contributed by atoms with van der Waals surface area (Å²) < 4.78 is 29.8. The fourth-order valence-corrected chi connectivity index (χ4v) is 3.08. The molecule has 2 aliphatic heterocycles. The molecule has 0 saturated carbocycles. The molecule has 0 aliphatic carbocycles. The monoisotopic (exact) mass is 400 g/mol. The Balaban J connectivity index is 0.00000190. The summed E-state index contributed by atoms with van der Waals surface area (Å²) in [5, 5.41) is 0. The molecule has 0 amide bonds. The zero-order valence-corrected chi connectivity index (χ0v) is 19.7. The third-order valence-electron chi connectivity index (χ3n) is 5.87. The van der Waals surface area contributed by atoms with E-state index in [1.165, 1.54) is 0 Å². The Kier molecular flexibility index (Phi) is 10.1. The van der Waals surface area contributed by atoms with Gasteiger partial charge in [-0.3, -0.25) is 0 Å². The predicted octanol–water partition coefficient (Wildman–Crippen LogP) is 5.47. The lowest BCUT2D eigenvalue weighted by Gasteiger charge is -2.28. The van der Waals surface area contributed by atoms with Gasteiger partial charge in [0.2, 0.25) is 0 Å². The Hall–Kier alpha value is -0.460. The number of hydrogen-bond acceptors (Lipinski definition) is 5. The van der Waals surface area contributed by atoms with Crippen LogP contribution in [0.15, 0.2) is 12.2 Å². The predicted molar refractivity (Wildman–Crippen MR) is 113 cm³/mol. The van der Waals surface area contributed by atoms with Gasteiger partial charge in [0.15, 0.2) is 11.6 Å². The van der Waals surface area contributed by atoms with Gasteiger partial charge in [0.25, 0.3) is 0 Å². The quantitative estimate of drug-likeness (QED) is 0.480. The second-order valence-corrected chi connectivity index (χ2v) is 8.19. The lowest BCUT2D eigenvalue weighted by atomic mass is 9.97. The standard InChI is InChI=1S/C21H38O5.C2H6/c1-8-19(5,22-13-17-14-23-20(6,9-2)25-17)12-11-16(4)18-15-24-21(7,10-3)26-18;1-2/h11-12,16-18H,8-10,13-15H2,1-7H3;1-2H3/b12-11-;. The van der Waals surface area contributed by atoms with Gasteiger partial charge in [-0.05, 0) is 40.0 Å². The Morgan fingerprint density at radius 2 is 1.61 bits per heavy atom. The first-order chi connectivity index (χ1) is 13.2. The smallest absolute Gasteiger partial charge is 0.165 e. The summed E-state index contributed by atoms with van der Waals surface area (Å²) in [6.07, 6.45) is 7.03. The molecule has 5 heteroatoms. The van der Waals surface area contributed by atoms with Gasteiger partial charge in [0.05, 0.1) is 31.5 Å². The van der Waals surface area contributed by atoms with Crippen LogP contribution in [0, 0.1) is 5.92 Å². The van der Waals surface area contributed by atoms with Crippen LogP contribution in [0.3, 0.4) is 0 Å². The molecular weight excluding hydrogens is 356 g/mol. The number of ether oxygens (including phenoxy) is 5. The molecule has 0 N–H and O–H groups in total. The molecule has 2 rings (SSSR count). The van der Waals surface area contributed by atoms with Crippen LogP contribution < -0.4 is 0 Å². The van der Waals surface area contributed by atoms with Crippen molar-refractivity contribution in [3.05, 3.63) is 12.2 Å². The summed E-state index contributed by atoms with van der Waals surface area (Å²) in [4.78, 5) is 0. The molecular formula is C23H44O5. The summed E-state index contributed by atoms with van der Waals surface area (Å²) in [6, 6.07) is 0. The fourth-order valence-electron chi connectivity index (χ4n) is 3.08. The van der Waals surface area contributed by atoms with Gasteiger partial charge >= 0.3 is 0 Å². The van der Waals surface area contributed by atoms with Gasteiger partial charge < -0.3 is 23.7 Å². The van der Waals surface area contributed by atoms with E-state index in [9.17, 15) is 0 Å². The van der Waals surface area contributed by atoms with Crippen LogP contribution in [0.2, 0.25) is 0 Å². The third kappa shape index (κ3) is 7.10. The molecule has 5 nitrogen and oxygen atoms in total. The normalized spacial score (nSPS) is 36.2. The first-order valence-corrected chi connectivity index (χ1v) is 11.1. The minimum atomic E-state index is -0.466. The van der Waals surface area contributed by atoms with E-state index in [1.807, 2.05) is 27.7 Å². The van der Waals surface area contributed by atoms with Crippen LogP contribution in [-0.2, 0) is 23.7 Å². The maximum Gasteiger partial charge on any atom is 0.165 e. The highest BCUT2D eigenvalue weighted by Gasteiger charge is 2.38. The van der Waals surface area contributed by atoms with E-state index in [2.05, 4.69) is 46.8 Å². The van der Waals surface area contributed by atoms with Crippen molar-refractivity contribution < 1.29 is 23.7 Å². The van der Waals surface area contributed by atoms with Crippen molar-refractivity contribution in [1.29, 1.82) is 0 Å². The van der Waals surface area contributed by atoms with Crippen molar-refractivity contribution in [3.63, 3.8) is 0 Å². The molecule has 2 fully saturated rings. The maximum absolute atomic E-state index is 6.21. The zero-order valence-electron chi connectivity index (χ0n) is 19.7. The fraction of sp³-hybridized carbons (Fsp3) is 0.913. The first kappa shape index (κ1) is 25.6. The van der Waals surface area contributed by atoms with Crippen LogP contribution in [0.4, 0.5) is 0 Å². The molecule has 6 atom stereocenters. The van der Waals surface area contributed by atoms with E-state index in [-0.39, 0.29) is 23.7 Å². The Bertz CT molecular complexity index is 482. The topological polar surface area (TPSA) is 46.2 Å². The van der Waals surface area contributed by atoms with E-state index >= 15 is 0 Å². The largest absolute Gasteiger partial charge is 0.368 e. The van der Waals surface area contributed by atoms with Crippen LogP contribution in [0.5, 0.6) is 0 Å². The molecule has 0 aromatic carbocycles. The van der Waals surface area contributed by atoms with E-state index in [0.717, 1.165) is 19.3 Å². The van der Waals surface area contributed by atoms with Crippen LogP contribution in [0.25, 0.3) is 0 Å². The average Bonchev–Trinajstić information content (AvgIpc) is 3.30. The molecule has 0 bridgehead atoms. The second kappa shape index (κ2) is 11.1. The van der Waals surface area contributed by atoms with E-state index in [1.54, 1.807) is 0 Å². The number of hydrogen-bond donors (Lipinski definition) is 0. The third-order valence-corrected chi connectivity index (χ3v) is 5.87. The van der Waals surface area contributed by atoms with Gasteiger partial charge in [0, 0.05) is 5.92 Å². The molecule has 166 valence electrons. The first-order valence-electron chi connectivity index (χ1n) is 11.1. The summed E-state index contributed by atoms with van der Waals surface area (Å²) in [7, 11) is 0. The van der Waals surface area contributed by atoms with Gasteiger partial charge in [-0.15, -0.1) is 0 Å². The molecule has 6 unspecified atom stereocenters. The van der Waals surface area contributed by atoms with Gasteiger partial charge in [-0.25, -0.2) is 0 Å². The highest BCUT2D eigenvalue weighted by Crippen LogP contribution is 2.31.